The second kappa shape index (κ2) is 6.97. The summed E-state index contributed by atoms with van der Waals surface area (Å²) in [6.07, 6.45) is 2.61. The van der Waals surface area contributed by atoms with Crippen LogP contribution in [0.15, 0.2) is 66.3 Å². The number of amides is 1. The summed E-state index contributed by atoms with van der Waals surface area (Å²) in [7, 11) is 0. The molecule has 4 rings (SSSR count). The first kappa shape index (κ1) is 16.3. The standard InChI is InChI=1S/C18H14ClN5O2/c19-13-7-4-8-14(17(13)24-11-20-10-21-24)22-18(25)16-9-15(23-26-16)12-5-2-1-3-6-12/h1-8,10-11,16H,9H2,(H,22,25). The van der Waals surface area contributed by atoms with Crippen LogP contribution in [0.1, 0.15) is 12.0 Å². The molecule has 2 aromatic carbocycles. The number of anilines is 1. The summed E-state index contributed by atoms with van der Waals surface area (Å²) in [4.78, 5) is 21.9. The van der Waals surface area contributed by atoms with E-state index in [1.807, 2.05) is 30.3 Å². The number of halogens is 1. The lowest BCUT2D eigenvalue weighted by atomic mass is 10.0. The third-order valence-electron chi connectivity index (χ3n) is 3.96. The van der Waals surface area contributed by atoms with Gasteiger partial charge in [0.05, 0.1) is 16.4 Å². The van der Waals surface area contributed by atoms with E-state index in [2.05, 4.69) is 20.6 Å². The Morgan fingerprint density at radius 2 is 2.04 bits per heavy atom. The van der Waals surface area contributed by atoms with E-state index in [0.717, 1.165) is 11.3 Å². The van der Waals surface area contributed by atoms with E-state index < -0.39 is 6.10 Å². The normalized spacial score (nSPS) is 16.0. The Hall–Kier alpha value is -3.19. The lowest BCUT2D eigenvalue weighted by Gasteiger charge is -2.14. The number of para-hydroxylation sites is 1. The molecule has 0 aliphatic carbocycles. The highest BCUT2D eigenvalue weighted by Crippen LogP contribution is 2.28. The molecular formula is C18H14ClN5O2. The Bertz CT molecular complexity index is 957. The topological polar surface area (TPSA) is 81.4 Å². The van der Waals surface area contributed by atoms with Gasteiger partial charge in [-0.05, 0) is 17.7 Å². The summed E-state index contributed by atoms with van der Waals surface area (Å²) < 4.78 is 1.50. The molecular weight excluding hydrogens is 354 g/mol. The molecule has 8 heteroatoms. The maximum Gasteiger partial charge on any atom is 0.268 e. The predicted molar refractivity (Wildman–Crippen MR) is 97.5 cm³/mol. The first-order chi connectivity index (χ1) is 12.7. The molecule has 1 amide bonds. The second-order valence-electron chi connectivity index (χ2n) is 5.67. The summed E-state index contributed by atoms with van der Waals surface area (Å²) in [6.45, 7) is 0. The van der Waals surface area contributed by atoms with Crippen LogP contribution in [0.5, 0.6) is 0 Å². The zero-order chi connectivity index (χ0) is 17.9. The van der Waals surface area contributed by atoms with Crippen molar-refractivity contribution in [3.8, 4) is 5.69 Å². The number of oxime groups is 1. The van der Waals surface area contributed by atoms with Gasteiger partial charge in [0.15, 0.2) is 0 Å². The maximum atomic E-state index is 12.6. The second-order valence-corrected chi connectivity index (χ2v) is 6.07. The van der Waals surface area contributed by atoms with E-state index in [1.54, 1.807) is 18.2 Å². The molecule has 1 atom stereocenters. The molecule has 0 bridgehead atoms. The van der Waals surface area contributed by atoms with Crippen molar-refractivity contribution in [1.29, 1.82) is 0 Å². The number of benzene rings is 2. The fourth-order valence-electron chi connectivity index (χ4n) is 2.71. The van der Waals surface area contributed by atoms with Gasteiger partial charge in [-0.25, -0.2) is 9.67 Å². The van der Waals surface area contributed by atoms with Crippen molar-refractivity contribution in [2.24, 2.45) is 5.16 Å². The Balaban J connectivity index is 1.51. The largest absolute Gasteiger partial charge is 0.382 e. The van der Waals surface area contributed by atoms with Gasteiger partial charge in [-0.15, -0.1) is 0 Å². The minimum absolute atomic E-state index is 0.302. The van der Waals surface area contributed by atoms with E-state index in [4.69, 9.17) is 16.4 Å². The number of carbonyl (C=O) groups is 1. The predicted octanol–water partition coefficient (Wildman–Crippen LogP) is 3.05. The third kappa shape index (κ3) is 3.16. The first-order valence-corrected chi connectivity index (χ1v) is 8.32. The fourth-order valence-corrected chi connectivity index (χ4v) is 2.97. The number of hydrogen-bond donors (Lipinski definition) is 1. The van der Waals surface area contributed by atoms with Crippen molar-refractivity contribution in [1.82, 2.24) is 14.8 Å². The molecule has 1 unspecified atom stereocenters. The van der Waals surface area contributed by atoms with Crippen LogP contribution >= 0.6 is 11.6 Å². The zero-order valence-electron chi connectivity index (χ0n) is 13.5. The molecule has 0 saturated carbocycles. The smallest absolute Gasteiger partial charge is 0.268 e. The van der Waals surface area contributed by atoms with Gasteiger partial charge in [0.2, 0.25) is 6.10 Å². The lowest BCUT2D eigenvalue weighted by molar-refractivity contribution is -0.125. The van der Waals surface area contributed by atoms with E-state index in [-0.39, 0.29) is 5.91 Å². The molecule has 0 fully saturated rings. The van der Waals surface area contributed by atoms with Crippen LogP contribution in [0.3, 0.4) is 0 Å². The van der Waals surface area contributed by atoms with Crippen LogP contribution in [0.2, 0.25) is 5.02 Å². The molecule has 3 aromatic rings. The molecule has 0 radical (unpaired) electrons. The molecule has 26 heavy (non-hydrogen) atoms. The number of nitrogens with zero attached hydrogens (tertiary/aromatic N) is 4. The number of hydrogen-bond acceptors (Lipinski definition) is 5. The van der Waals surface area contributed by atoms with Gasteiger partial charge in [0.25, 0.3) is 5.91 Å². The van der Waals surface area contributed by atoms with Crippen molar-refractivity contribution in [3.63, 3.8) is 0 Å². The van der Waals surface area contributed by atoms with Crippen LogP contribution < -0.4 is 5.32 Å². The molecule has 1 aliphatic heterocycles. The van der Waals surface area contributed by atoms with Gasteiger partial charge in [0.1, 0.15) is 18.3 Å². The van der Waals surface area contributed by atoms with Crippen molar-refractivity contribution < 1.29 is 9.63 Å². The maximum absolute atomic E-state index is 12.6. The quantitative estimate of drug-likeness (QED) is 0.768. The number of rotatable bonds is 4. The summed E-state index contributed by atoms with van der Waals surface area (Å²) in [5.74, 6) is -0.302. The molecule has 130 valence electrons. The van der Waals surface area contributed by atoms with E-state index in [9.17, 15) is 4.79 Å². The minimum atomic E-state index is -0.701. The Morgan fingerprint density at radius 3 is 2.81 bits per heavy atom. The first-order valence-electron chi connectivity index (χ1n) is 7.95. The fraction of sp³-hybridized carbons (Fsp3) is 0.111. The van der Waals surface area contributed by atoms with Crippen molar-refractivity contribution >= 4 is 28.9 Å². The van der Waals surface area contributed by atoms with Crippen molar-refractivity contribution in [3.05, 3.63) is 71.8 Å². The summed E-state index contributed by atoms with van der Waals surface area (Å²) >= 11 is 6.27. The lowest BCUT2D eigenvalue weighted by Crippen LogP contribution is -2.28. The van der Waals surface area contributed by atoms with Crippen LogP contribution in [0.25, 0.3) is 5.69 Å². The van der Waals surface area contributed by atoms with Crippen LogP contribution in [0, 0.1) is 0 Å². The molecule has 2 heterocycles. The van der Waals surface area contributed by atoms with E-state index >= 15 is 0 Å². The molecule has 0 spiro atoms. The van der Waals surface area contributed by atoms with E-state index in [0.29, 0.717) is 22.8 Å². The Labute approximate surface area is 154 Å². The Kier molecular flexibility index (Phi) is 4.37. The summed E-state index contributed by atoms with van der Waals surface area (Å²) in [5, 5.41) is 11.4. The van der Waals surface area contributed by atoms with Gasteiger partial charge in [0, 0.05) is 6.42 Å². The zero-order valence-corrected chi connectivity index (χ0v) is 14.3. The molecule has 1 aliphatic rings. The summed E-state index contributed by atoms with van der Waals surface area (Å²) in [6, 6.07) is 14.8. The minimum Gasteiger partial charge on any atom is -0.382 e. The SMILES string of the molecule is O=C(Nc1cccc(Cl)c1-n1cncn1)C1CC(c2ccccc2)=NO1. The van der Waals surface area contributed by atoms with Crippen LogP contribution in [-0.4, -0.2) is 32.5 Å². The molecule has 7 nitrogen and oxygen atoms in total. The molecule has 0 saturated heterocycles. The van der Waals surface area contributed by atoms with E-state index in [1.165, 1.54) is 17.3 Å². The number of nitrogens with one attached hydrogen (secondary N) is 1. The molecule has 1 aromatic heterocycles. The van der Waals surface area contributed by atoms with Crippen molar-refractivity contribution in [2.75, 3.05) is 5.32 Å². The van der Waals surface area contributed by atoms with Crippen LogP contribution in [-0.2, 0) is 9.63 Å². The molecule has 1 N–H and O–H groups in total. The van der Waals surface area contributed by atoms with Gasteiger partial charge in [-0.2, -0.15) is 5.10 Å². The van der Waals surface area contributed by atoms with Gasteiger partial charge in [-0.3, -0.25) is 4.79 Å². The highest BCUT2D eigenvalue weighted by Gasteiger charge is 2.29. The number of aromatic nitrogens is 3. The van der Waals surface area contributed by atoms with Gasteiger partial charge in [-0.1, -0.05) is 53.2 Å². The average Bonchev–Trinajstić information content (AvgIpc) is 3.35. The number of carbonyl (C=O) groups excluding carboxylic acids is 1. The third-order valence-corrected chi connectivity index (χ3v) is 4.27. The highest BCUT2D eigenvalue weighted by molar-refractivity contribution is 6.33. The highest BCUT2D eigenvalue weighted by atomic mass is 35.5. The Morgan fingerprint density at radius 1 is 1.19 bits per heavy atom. The average molecular weight is 368 g/mol. The van der Waals surface area contributed by atoms with Crippen molar-refractivity contribution in [2.45, 2.75) is 12.5 Å². The summed E-state index contributed by atoms with van der Waals surface area (Å²) in [5.41, 5.74) is 2.74. The van der Waals surface area contributed by atoms with Crippen LogP contribution in [0.4, 0.5) is 5.69 Å². The van der Waals surface area contributed by atoms with Gasteiger partial charge < -0.3 is 10.2 Å². The van der Waals surface area contributed by atoms with Gasteiger partial charge >= 0.3 is 0 Å². The monoisotopic (exact) mass is 367 g/mol.